The van der Waals surface area contributed by atoms with E-state index in [4.69, 9.17) is 17.3 Å². The summed E-state index contributed by atoms with van der Waals surface area (Å²) in [6.45, 7) is 0.649. The van der Waals surface area contributed by atoms with E-state index in [0.29, 0.717) is 24.3 Å². The van der Waals surface area contributed by atoms with Crippen molar-refractivity contribution in [2.24, 2.45) is 5.73 Å². The van der Waals surface area contributed by atoms with Crippen molar-refractivity contribution in [3.05, 3.63) is 53.3 Å². The summed E-state index contributed by atoms with van der Waals surface area (Å²) in [6, 6.07) is 10.6. The zero-order chi connectivity index (χ0) is 16.6. The molecule has 1 aliphatic heterocycles. The first-order valence-electron chi connectivity index (χ1n) is 7.04. The van der Waals surface area contributed by atoms with Crippen LogP contribution in [-0.2, 0) is 10.2 Å². The second kappa shape index (κ2) is 7.14. The maximum atomic E-state index is 13.3. The smallest absolute Gasteiger partial charge is 0.330 e. The van der Waals surface area contributed by atoms with Gasteiger partial charge in [-0.25, -0.2) is 8.70 Å². The number of hydrogen-bond acceptors (Lipinski definition) is 3. The van der Waals surface area contributed by atoms with E-state index in [1.165, 1.54) is 16.4 Å². The molecule has 2 aromatic carbocycles. The first-order valence-corrected chi connectivity index (χ1v) is 8.81. The lowest BCUT2D eigenvalue weighted by atomic mass is 10.2. The Morgan fingerprint density at radius 3 is 2.38 bits per heavy atom. The van der Waals surface area contributed by atoms with Crippen LogP contribution in [0.15, 0.2) is 42.5 Å². The van der Waals surface area contributed by atoms with E-state index in [1.54, 1.807) is 24.3 Å². The summed E-state index contributed by atoms with van der Waals surface area (Å²) >= 11 is 6.07. The van der Waals surface area contributed by atoms with E-state index in [1.807, 2.05) is 0 Å². The summed E-state index contributed by atoms with van der Waals surface area (Å²) in [5.41, 5.74) is 6.76. The number of rotatable bonds is 4. The van der Waals surface area contributed by atoms with Crippen LogP contribution >= 0.6 is 24.0 Å². The molecule has 0 aliphatic carbocycles. The number of hydrogen-bond donors (Lipinski definition) is 1. The number of nitrogens with two attached hydrogens (primary N) is 1. The Balaban J connectivity index is 0.00000208. The van der Waals surface area contributed by atoms with Crippen LogP contribution in [-0.4, -0.2) is 21.5 Å². The molecule has 5 nitrogen and oxygen atoms in total. The average molecular weight is 392 g/mol. The summed E-state index contributed by atoms with van der Waals surface area (Å²) in [4.78, 5) is 0. The van der Waals surface area contributed by atoms with Crippen molar-refractivity contribution in [1.29, 1.82) is 0 Å². The van der Waals surface area contributed by atoms with Crippen LogP contribution in [0, 0.1) is 5.82 Å². The van der Waals surface area contributed by atoms with Gasteiger partial charge in [0, 0.05) is 6.54 Å². The summed E-state index contributed by atoms with van der Waals surface area (Å²) in [5.74, 6) is -0.524. The Hall–Kier alpha value is -1.54. The van der Waals surface area contributed by atoms with Gasteiger partial charge in [0.1, 0.15) is 5.82 Å². The molecule has 0 saturated carbocycles. The molecule has 9 heteroatoms. The minimum atomic E-state index is -3.84. The fraction of sp³-hybridized carbons (Fsp3) is 0.200. The molecular formula is C15H16Cl2FN3O2S. The van der Waals surface area contributed by atoms with E-state index < -0.39 is 16.0 Å². The molecule has 2 N–H and O–H groups in total. The predicted molar refractivity (Wildman–Crippen MR) is 97.2 cm³/mol. The normalized spacial score (nSPS) is 15.1. The molecule has 0 saturated heterocycles. The van der Waals surface area contributed by atoms with Crippen molar-refractivity contribution in [3.63, 3.8) is 0 Å². The topological polar surface area (TPSA) is 66.6 Å². The molecule has 0 amide bonds. The third-order valence-corrected chi connectivity index (χ3v) is 5.67. The number of para-hydroxylation sites is 2. The van der Waals surface area contributed by atoms with Crippen molar-refractivity contribution in [1.82, 2.24) is 0 Å². The van der Waals surface area contributed by atoms with Crippen LogP contribution in [0.25, 0.3) is 0 Å². The maximum Gasteiger partial charge on any atom is 0.331 e. The fourth-order valence-electron chi connectivity index (χ4n) is 2.56. The molecular weight excluding hydrogens is 376 g/mol. The molecule has 1 heterocycles. The lowest BCUT2D eigenvalue weighted by molar-refractivity contribution is 0.592. The van der Waals surface area contributed by atoms with Crippen LogP contribution in [0.2, 0.25) is 5.02 Å². The van der Waals surface area contributed by atoms with E-state index in [0.717, 1.165) is 10.4 Å². The van der Waals surface area contributed by atoms with Crippen molar-refractivity contribution >= 4 is 51.3 Å². The van der Waals surface area contributed by atoms with Crippen molar-refractivity contribution in [3.8, 4) is 0 Å². The van der Waals surface area contributed by atoms with Gasteiger partial charge in [0.2, 0.25) is 0 Å². The maximum absolute atomic E-state index is 13.3. The number of fused-ring (bicyclic) bond motifs is 1. The van der Waals surface area contributed by atoms with E-state index >= 15 is 0 Å². The van der Waals surface area contributed by atoms with E-state index in [2.05, 4.69) is 0 Å². The van der Waals surface area contributed by atoms with Gasteiger partial charge in [-0.2, -0.15) is 8.42 Å². The quantitative estimate of drug-likeness (QED) is 0.867. The van der Waals surface area contributed by atoms with Crippen molar-refractivity contribution in [2.45, 2.75) is 6.42 Å². The van der Waals surface area contributed by atoms with Crippen LogP contribution in [0.1, 0.15) is 6.42 Å². The van der Waals surface area contributed by atoms with Gasteiger partial charge in [0.05, 0.1) is 22.1 Å². The second-order valence-electron chi connectivity index (χ2n) is 5.07. The van der Waals surface area contributed by atoms with Gasteiger partial charge >= 0.3 is 10.2 Å². The molecule has 0 fully saturated rings. The van der Waals surface area contributed by atoms with Gasteiger partial charge in [0.25, 0.3) is 0 Å². The highest BCUT2D eigenvalue weighted by atomic mass is 35.5. The number of nitrogens with zero attached hydrogens (tertiary/aromatic N) is 2. The molecule has 0 radical (unpaired) electrons. The highest BCUT2D eigenvalue weighted by Crippen LogP contribution is 2.47. The van der Waals surface area contributed by atoms with Crippen molar-refractivity contribution < 1.29 is 12.8 Å². The summed E-state index contributed by atoms with van der Waals surface area (Å²) in [7, 11) is -3.84. The van der Waals surface area contributed by atoms with Gasteiger partial charge < -0.3 is 5.73 Å². The second-order valence-corrected chi connectivity index (χ2v) is 7.18. The third-order valence-electron chi connectivity index (χ3n) is 3.57. The average Bonchev–Trinajstić information content (AvgIpc) is 2.72. The summed E-state index contributed by atoms with van der Waals surface area (Å²) < 4.78 is 41.6. The molecule has 1 aliphatic rings. The monoisotopic (exact) mass is 391 g/mol. The van der Waals surface area contributed by atoms with E-state index in [9.17, 15) is 12.8 Å². The van der Waals surface area contributed by atoms with Gasteiger partial charge in [-0.05, 0) is 43.3 Å². The lowest BCUT2D eigenvalue weighted by Crippen LogP contribution is -2.36. The minimum absolute atomic E-state index is 0. The van der Waals surface area contributed by atoms with Gasteiger partial charge in [0.15, 0.2) is 0 Å². The Morgan fingerprint density at radius 2 is 1.75 bits per heavy atom. The van der Waals surface area contributed by atoms with Gasteiger partial charge in [-0.3, -0.25) is 4.31 Å². The fourth-order valence-corrected chi connectivity index (χ4v) is 4.64. The van der Waals surface area contributed by atoms with Crippen LogP contribution < -0.4 is 14.3 Å². The number of benzene rings is 2. The SMILES string of the molecule is Cl.NCCCN1c2ccccc2N(c2ccc(F)cc2Cl)S1(=O)=O. The zero-order valence-corrected chi connectivity index (χ0v) is 14.9. The first kappa shape index (κ1) is 18.8. The summed E-state index contributed by atoms with van der Waals surface area (Å²) in [5, 5.41) is 0.0315. The summed E-state index contributed by atoms with van der Waals surface area (Å²) in [6.07, 6.45) is 0.526. The van der Waals surface area contributed by atoms with Crippen LogP contribution in [0.3, 0.4) is 0 Å². The third kappa shape index (κ3) is 3.04. The Labute approximate surface area is 151 Å². The predicted octanol–water partition coefficient (Wildman–Crippen LogP) is 3.45. The lowest BCUT2D eigenvalue weighted by Gasteiger charge is -2.22. The van der Waals surface area contributed by atoms with Gasteiger partial charge in [-0.1, -0.05) is 23.7 Å². The Bertz CT molecular complexity index is 848. The van der Waals surface area contributed by atoms with E-state index in [-0.39, 0.29) is 29.7 Å². The molecule has 0 atom stereocenters. The molecule has 24 heavy (non-hydrogen) atoms. The molecule has 2 aromatic rings. The number of halogens is 3. The number of anilines is 3. The molecule has 0 bridgehead atoms. The molecule has 130 valence electrons. The largest absolute Gasteiger partial charge is 0.331 e. The first-order chi connectivity index (χ1) is 11.0. The molecule has 0 unspecified atom stereocenters. The minimum Gasteiger partial charge on any atom is -0.330 e. The highest BCUT2D eigenvalue weighted by molar-refractivity contribution is 7.95. The molecule has 0 aromatic heterocycles. The molecule has 3 rings (SSSR count). The Morgan fingerprint density at radius 1 is 1.08 bits per heavy atom. The standard InChI is InChI=1S/C15H15ClFN3O2S.ClH/c16-12-10-11(17)6-7-13(12)20-15-5-2-1-4-14(15)19(9-3-8-18)23(20,21)22;/h1-2,4-7,10H,3,8-9,18H2;1H. The molecule has 0 spiro atoms. The van der Waals surface area contributed by atoms with Crippen LogP contribution in [0.5, 0.6) is 0 Å². The highest BCUT2D eigenvalue weighted by Gasteiger charge is 2.41. The van der Waals surface area contributed by atoms with Crippen LogP contribution in [0.4, 0.5) is 21.5 Å². The Kier molecular flexibility index (Phi) is 5.59. The van der Waals surface area contributed by atoms with Gasteiger partial charge in [-0.15, -0.1) is 12.4 Å². The van der Waals surface area contributed by atoms with Crippen molar-refractivity contribution in [2.75, 3.05) is 21.7 Å². The zero-order valence-electron chi connectivity index (χ0n) is 12.5.